The van der Waals surface area contributed by atoms with Crippen molar-refractivity contribution in [2.75, 3.05) is 13.1 Å². The van der Waals surface area contributed by atoms with Crippen LogP contribution in [0.4, 0.5) is 8.78 Å². The molecule has 1 fully saturated rings. The molecular weight excluding hydrogens is 152 g/mol. The van der Waals surface area contributed by atoms with Gasteiger partial charge >= 0.3 is 6.61 Å². The van der Waals surface area contributed by atoms with Crippen LogP contribution in [0.25, 0.3) is 0 Å². The summed E-state index contributed by atoms with van der Waals surface area (Å²) in [4.78, 5) is 0. The second kappa shape index (κ2) is 3.97. The summed E-state index contributed by atoms with van der Waals surface area (Å²) in [6, 6.07) is 0. The zero-order valence-electron chi connectivity index (χ0n) is 6.52. The molecule has 1 aliphatic rings. The standard InChI is InChI=1S/C7H13F2NO/c1-5-4-10-3-2-6(5)11-7(8)9/h5-7,10H,2-4H2,1H3/t5-,6-/m1/s1. The second-order valence-corrected chi connectivity index (χ2v) is 2.91. The third-order valence-electron chi connectivity index (χ3n) is 1.98. The molecule has 0 aliphatic carbocycles. The minimum Gasteiger partial charge on any atom is -0.319 e. The van der Waals surface area contributed by atoms with Gasteiger partial charge in [-0.1, -0.05) is 6.92 Å². The molecule has 0 aromatic carbocycles. The summed E-state index contributed by atoms with van der Waals surface area (Å²) in [5.74, 6) is 0.192. The molecule has 0 amide bonds. The lowest BCUT2D eigenvalue weighted by Gasteiger charge is -2.28. The fourth-order valence-electron chi connectivity index (χ4n) is 1.32. The molecule has 1 rings (SSSR count). The summed E-state index contributed by atoms with van der Waals surface area (Å²) < 4.78 is 27.9. The maximum absolute atomic E-state index is 11.8. The Balaban J connectivity index is 2.29. The van der Waals surface area contributed by atoms with E-state index in [1.54, 1.807) is 0 Å². The highest BCUT2D eigenvalue weighted by atomic mass is 19.3. The van der Waals surface area contributed by atoms with Gasteiger partial charge in [-0.15, -0.1) is 0 Å². The van der Waals surface area contributed by atoms with Gasteiger partial charge in [-0.05, 0) is 18.9 Å². The Morgan fingerprint density at radius 2 is 2.27 bits per heavy atom. The molecule has 0 unspecified atom stereocenters. The molecule has 66 valence electrons. The van der Waals surface area contributed by atoms with Crippen LogP contribution < -0.4 is 5.32 Å². The van der Waals surface area contributed by atoms with Gasteiger partial charge in [0.15, 0.2) is 0 Å². The summed E-state index contributed by atoms with van der Waals surface area (Å²) in [5, 5.41) is 3.11. The third kappa shape index (κ3) is 2.71. The minimum absolute atomic E-state index is 0.192. The van der Waals surface area contributed by atoms with Crippen LogP contribution >= 0.6 is 0 Å². The van der Waals surface area contributed by atoms with Gasteiger partial charge in [0, 0.05) is 6.54 Å². The van der Waals surface area contributed by atoms with Gasteiger partial charge in [0.25, 0.3) is 0 Å². The molecule has 0 spiro atoms. The Morgan fingerprint density at radius 1 is 1.55 bits per heavy atom. The van der Waals surface area contributed by atoms with Crippen molar-refractivity contribution >= 4 is 0 Å². The number of hydrogen-bond donors (Lipinski definition) is 1. The maximum atomic E-state index is 11.8. The van der Waals surface area contributed by atoms with E-state index in [-0.39, 0.29) is 12.0 Å². The first kappa shape index (κ1) is 8.87. The van der Waals surface area contributed by atoms with E-state index in [4.69, 9.17) is 0 Å². The van der Waals surface area contributed by atoms with E-state index >= 15 is 0 Å². The molecule has 0 saturated carbocycles. The Morgan fingerprint density at radius 3 is 2.82 bits per heavy atom. The normalized spacial score (nSPS) is 32.7. The van der Waals surface area contributed by atoms with E-state index in [1.165, 1.54) is 0 Å². The first-order chi connectivity index (χ1) is 5.20. The molecule has 1 heterocycles. The number of halogens is 2. The molecule has 1 N–H and O–H groups in total. The number of ether oxygens (including phenoxy) is 1. The average Bonchev–Trinajstić information content (AvgIpc) is 1.93. The van der Waals surface area contributed by atoms with Gasteiger partial charge in [0.1, 0.15) is 0 Å². The van der Waals surface area contributed by atoms with Crippen molar-refractivity contribution in [3.05, 3.63) is 0 Å². The van der Waals surface area contributed by atoms with Crippen molar-refractivity contribution < 1.29 is 13.5 Å². The monoisotopic (exact) mass is 165 g/mol. The zero-order chi connectivity index (χ0) is 8.27. The van der Waals surface area contributed by atoms with Crippen LogP contribution in [-0.4, -0.2) is 25.8 Å². The molecule has 4 heteroatoms. The smallest absolute Gasteiger partial charge is 0.319 e. The van der Waals surface area contributed by atoms with Gasteiger partial charge in [0.05, 0.1) is 6.10 Å². The molecule has 0 bridgehead atoms. The van der Waals surface area contributed by atoms with Crippen LogP contribution in [0.15, 0.2) is 0 Å². The van der Waals surface area contributed by atoms with E-state index < -0.39 is 6.61 Å². The van der Waals surface area contributed by atoms with Crippen molar-refractivity contribution in [2.45, 2.75) is 26.1 Å². The lowest BCUT2D eigenvalue weighted by Crippen LogP contribution is -2.40. The van der Waals surface area contributed by atoms with Crippen molar-refractivity contribution in [1.29, 1.82) is 0 Å². The van der Waals surface area contributed by atoms with E-state index in [0.717, 1.165) is 13.1 Å². The molecule has 11 heavy (non-hydrogen) atoms. The topological polar surface area (TPSA) is 21.3 Å². The summed E-state index contributed by atoms with van der Waals surface area (Å²) >= 11 is 0. The molecule has 2 nitrogen and oxygen atoms in total. The zero-order valence-corrected chi connectivity index (χ0v) is 6.52. The third-order valence-corrected chi connectivity index (χ3v) is 1.98. The van der Waals surface area contributed by atoms with Gasteiger partial charge in [-0.3, -0.25) is 0 Å². The summed E-state index contributed by atoms with van der Waals surface area (Å²) in [6.07, 6.45) is 0.419. The van der Waals surface area contributed by atoms with E-state index in [9.17, 15) is 8.78 Å². The maximum Gasteiger partial charge on any atom is 0.345 e. The van der Waals surface area contributed by atoms with Crippen LogP contribution in [0.2, 0.25) is 0 Å². The first-order valence-electron chi connectivity index (χ1n) is 3.84. The quantitative estimate of drug-likeness (QED) is 0.664. The van der Waals surface area contributed by atoms with Crippen LogP contribution in [-0.2, 0) is 4.74 Å². The van der Waals surface area contributed by atoms with Gasteiger partial charge in [0.2, 0.25) is 0 Å². The number of rotatable bonds is 2. The fraction of sp³-hybridized carbons (Fsp3) is 1.00. The van der Waals surface area contributed by atoms with E-state index in [1.807, 2.05) is 6.92 Å². The SMILES string of the molecule is C[C@@H]1CNCC[C@H]1OC(F)F. The first-order valence-corrected chi connectivity index (χ1v) is 3.84. The molecule has 1 aliphatic heterocycles. The van der Waals surface area contributed by atoms with Crippen molar-refractivity contribution in [3.63, 3.8) is 0 Å². The largest absolute Gasteiger partial charge is 0.345 e. The summed E-state index contributed by atoms with van der Waals surface area (Å²) in [6.45, 7) is 0.846. The predicted octanol–water partition coefficient (Wildman–Crippen LogP) is 1.22. The predicted molar refractivity (Wildman–Crippen MR) is 37.5 cm³/mol. The highest BCUT2D eigenvalue weighted by Crippen LogP contribution is 2.16. The Bertz CT molecular complexity index is 121. The number of alkyl halides is 2. The molecule has 0 aromatic rings. The molecule has 1 saturated heterocycles. The van der Waals surface area contributed by atoms with Crippen LogP contribution in [0.5, 0.6) is 0 Å². The number of hydrogen-bond acceptors (Lipinski definition) is 2. The highest BCUT2D eigenvalue weighted by molar-refractivity contribution is 4.74. The average molecular weight is 165 g/mol. The Labute approximate surface area is 64.9 Å². The lowest BCUT2D eigenvalue weighted by atomic mass is 9.98. The lowest BCUT2D eigenvalue weighted by molar-refractivity contribution is -0.179. The molecule has 0 aromatic heterocycles. The summed E-state index contributed by atoms with van der Waals surface area (Å²) in [7, 11) is 0. The van der Waals surface area contributed by atoms with Crippen LogP contribution in [0, 0.1) is 5.92 Å². The van der Waals surface area contributed by atoms with Crippen molar-refractivity contribution in [1.82, 2.24) is 5.32 Å². The highest BCUT2D eigenvalue weighted by Gasteiger charge is 2.24. The molecule has 0 radical (unpaired) electrons. The minimum atomic E-state index is -2.62. The van der Waals surface area contributed by atoms with Crippen molar-refractivity contribution in [3.8, 4) is 0 Å². The summed E-state index contributed by atoms with van der Waals surface area (Å²) in [5.41, 5.74) is 0. The fourth-order valence-corrected chi connectivity index (χ4v) is 1.32. The molecular formula is C7H13F2NO. The second-order valence-electron chi connectivity index (χ2n) is 2.91. The van der Waals surface area contributed by atoms with E-state index in [0.29, 0.717) is 6.42 Å². The number of piperidine rings is 1. The van der Waals surface area contributed by atoms with Crippen molar-refractivity contribution in [2.24, 2.45) is 5.92 Å². The van der Waals surface area contributed by atoms with E-state index in [2.05, 4.69) is 10.1 Å². The van der Waals surface area contributed by atoms with Crippen LogP contribution in [0.3, 0.4) is 0 Å². The molecule has 2 atom stereocenters. The van der Waals surface area contributed by atoms with Gasteiger partial charge in [-0.2, -0.15) is 8.78 Å². The Hall–Kier alpha value is -0.220. The van der Waals surface area contributed by atoms with Gasteiger partial charge < -0.3 is 10.1 Å². The number of nitrogens with one attached hydrogen (secondary N) is 1. The Kier molecular flexibility index (Phi) is 3.20. The van der Waals surface area contributed by atoms with Gasteiger partial charge in [-0.25, -0.2) is 0 Å². The van der Waals surface area contributed by atoms with Crippen LogP contribution in [0.1, 0.15) is 13.3 Å².